The third kappa shape index (κ3) is 3.68. The van der Waals surface area contributed by atoms with Crippen LogP contribution in [-0.4, -0.2) is 30.1 Å². The average Bonchev–Trinajstić information content (AvgIpc) is 2.33. The molecule has 0 aromatic heterocycles. The zero-order valence-electron chi connectivity index (χ0n) is 10.8. The Kier molecular flexibility index (Phi) is 4.41. The van der Waals surface area contributed by atoms with Crippen LogP contribution >= 0.6 is 0 Å². The summed E-state index contributed by atoms with van der Waals surface area (Å²) >= 11 is 0. The van der Waals surface area contributed by atoms with Crippen LogP contribution in [0.4, 0.5) is 4.39 Å². The SMILES string of the molecule is CC(=O)N1CCC(CC2CCC(F)CC2)CC1. The van der Waals surface area contributed by atoms with E-state index in [-0.39, 0.29) is 5.91 Å². The van der Waals surface area contributed by atoms with Crippen LogP contribution in [0.25, 0.3) is 0 Å². The summed E-state index contributed by atoms with van der Waals surface area (Å²) in [4.78, 5) is 13.2. The standard InChI is InChI=1S/C14H24FNO/c1-11(17)16-8-6-13(7-9-16)10-12-2-4-14(15)5-3-12/h12-14H,2-10H2,1H3. The number of piperidine rings is 1. The quantitative estimate of drug-likeness (QED) is 0.727. The summed E-state index contributed by atoms with van der Waals surface area (Å²) < 4.78 is 13.0. The lowest BCUT2D eigenvalue weighted by molar-refractivity contribution is -0.130. The summed E-state index contributed by atoms with van der Waals surface area (Å²) in [7, 11) is 0. The van der Waals surface area contributed by atoms with Crippen LogP contribution in [0.3, 0.4) is 0 Å². The molecule has 0 aromatic carbocycles. The molecule has 0 N–H and O–H groups in total. The number of likely N-dealkylation sites (tertiary alicyclic amines) is 1. The molecule has 0 bridgehead atoms. The molecule has 2 fully saturated rings. The number of hydrogen-bond acceptors (Lipinski definition) is 1. The van der Waals surface area contributed by atoms with Gasteiger partial charge in [-0.3, -0.25) is 4.79 Å². The Labute approximate surface area is 104 Å². The Morgan fingerprint density at radius 1 is 1.06 bits per heavy atom. The minimum absolute atomic E-state index is 0.210. The van der Waals surface area contributed by atoms with Gasteiger partial charge in [0.2, 0.25) is 5.91 Å². The van der Waals surface area contributed by atoms with Crippen LogP contribution in [0.5, 0.6) is 0 Å². The minimum atomic E-state index is -0.536. The molecular formula is C14H24FNO. The molecule has 3 heteroatoms. The third-order valence-corrected chi connectivity index (χ3v) is 4.50. The predicted molar refractivity (Wildman–Crippen MR) is 66.4 cm³/mol. The second-order valence-corrected chi connectivity index (χ2v) is 5.80. The van der Waals surface area contributed by atoms with Crippen LogP contribution in [0.15, 0.2) is 0 Å². The zero-order chi connectivity index (χ0) is 12.3. The number of amides is 1. The number of nitrogens with zero attached hydrogens (tertiary/aromatic N) is 1. The normalized spacial score (nSPS) is 31.5. The van der Waals surface area contributed by atoms with Crippen molar-refractivity contribution in [2.24, 2.45) is 11.8 Å². The smallest absolute Gasteiger partial charge is 0.219 e. The van der Waals surface area contributed by atoms with Crippen molar-refractivity contribution in [3.8, 4) is 0 Å². The van der Waals surface area contributed by atoms with E-state index in [1.54, 1.807) is 6.92 Å². The van der Waals surface area contributed by atoms with E-state index in [4.69, 9.17) is 0 Å². The highest BCUT2D eigenvalue weighted by molar-refractivity contribution is 5.73. The fourth-order valence-corrected chi connectivity index (χ4v) is 3.31. The third-order valence-electron chi connectivity index (χ3n) is 4.50. The largest absolute Gasteiger partial charge is 0.343 e. The molecule has 1 heterocycles. The summed E-state index contributed by atoms with van der Waals surface area (Å²) in [6, 6.07) is 0. The Bertz CT molecular complexity index is 253. The van der Waals surface area contributed by atoms with E-state index >= 15 is 0 Å². The van der Waals surface area contributed by atoms with E-state index in [1.165, 1.54) is 6.42 Å². The van der Waals surface area contributed by atoms with Gasteiger partial charge in [0.1, 0.15) is 6.17 Å². The van der Waals surface area contributed by atoms with Crippen molar-refractivity contribution in [1.82, 2.24) is 4.90 Å². The van der Waals surface area contributed by atoms with Gasteiger partial charge in [0.25, 0.3) is 0 Å². The van der Waals surface area contributed by atoms with Crippen molar-refractivity contribution in [3.05, 3.63) is 0 Å². The number of carbonyl (C=O) groups excluding carboxylic acids is 1. The molecule has 0 aromatic rings. The lowest BCUT2D eigenvalue weighted by atomic mass is 9.79. The van der Waals surface area contributed by atoms with E-state index in [0.29, 0.717) is 0 Å². The molecule has 2 aliphatic rings. The molecule has 0 radical (unpaired) electrons. The maximum atomic E-state index is 13.0. The van der Waals surface area contributed by atoms with Crippen molar-refractivity contribution >= 4 is 5.91 Å². The Morgan fingerprint density at radius 2 is 1.59 bits per heavy atom. The maximum absolute atomic E-state index is 13.0. The van der Waals surface area contributed by atoms with Crippen molar-refractivity contribution < 1.29 is 9.18 Å². The van der Waals surface area contributed by atoms with Crippen LogP contribution in [0.2, 0.25) is 0 Å². The first-order chi connectivity index (χ1) is 8.15. The minimum Gasteiger partial charge on any atom is -0.343 e. The monoisotopic (exact) mass is 241 g/mol. The van der Waals surface area contributed by atoms with Gasteiger partial charge in [-0.05, 0) is 56.8 Å². The fraction of sp³-hybridized carbons (Fsp3) is 0.929. The molecule has 1 saturated heterocycles. The second kappa shape index (κ2) is 5.83. The number of hydrogen-bond donors (Lipinski definition) is 0. The second-order valence-electron chi connectivity index (χ2n) is 5.80. The van der Waals surface area contributed by atoms with Crippen LogP contribution in [0.1, 0.15) is 51.9 Å². The highest BCUT2D eigenvalue weighted by atomic mass is 19.1. The molecule has 1 saturated carbocycles. The highest BCUT2D eigenvalue weighted by Crippen LogP contribution is 2.33. The van der Waals surface area contributed by atoms with E-state index in [9.17, 15) is 9.18 Å². The van der Waals surface area contributed by atoms with E-state index in [2.05, 4.69) is 0 Å². The topological polar surface area (TPSA) is 20.3 Å². The van der Waals surface area contributed by atoms with Crippen molar-refractivity contribution in [2.75, 3.05) is 13.1 Å². The van der Waals surface area contributed by atoms with E-state index in [1.807, 2.05) is 4.90 Å². The van der Waals surface area contributed by atoms with Gasteiger partial charge < -0.3 is 4.90 Å². The van der Waals surface area contributed by atoms with E-state index in [0.717, 1.165) is 63.5 Å². The van der Waals surface area contributed by atoms with Gasteiger partial charge >= 0.3 is 0 Å². The summed E-state index contributed by atoms with van der Waals surface area (Å²) in [6.45, 7) is 3.51. The molecule has 2 nitrogen and oxygen atoms in total. The van der Waals surface area contributed by atoms with E-state index < -0.39 is 6.17 Å². The number of alkyl halides is 1. The molecule has 1 aliphatic heterocycles. The molecule has 0 atom stereocenters. The Balaban J connectivity index is 1.69. The Morgan fingerprint density at radius 3 is 2.12 bits per heavy atom. The van der Waals surface area contributed by atoms with Crippen molar-refractivity contribution in [1.29, 1.82) is 0 Å². The van der Waals surface area contributed by atoms with Gasteiger partial charge in [0.05, 0.1) is 0 Å². The molecule has 0 spiro atoms. The first-order valence-electron chi connectivity index (χ1n) is 7.04. The molecule has 2 rings (SSSR count). The van der Waals surface area contributed by atoms with Crippen molar-refractivity contribution in [3.63, 3.8) is 0 Å². The van der Waals surface area contributed by atoms with Crippen molar-refractivity contribution in [2.45, 2.75) is 58.0 Å². The summed E-state index contributed by atoms with van der Waals surface area (Å²) in [5.41, 5.74) is 0. The zero-order valence-corrected chi connectivity index (χ0v) is 10.8. The molecule has 0 unspecified atom stereocenters. The molecule has 17 heavy (non-hydrogen) atoms. The summed E-state index contributed by atoms with van der Waals surface area (Å²) in [5.74, 6) is 1.73. The van der Waals surface area contributed by atoms with Gasteiger partial charge in [0, 0.05) is 20.0 Å². The number of halogens is 1. The van der Waals surface area contributed by atoms with Gasteiger partial charge in [-0.15, -0.1) is 0 Å². The van der Waals surface area contributed by atoms with Gasteiger partial charge in [-0.25, -0.2) is 4.39 Å². The van der Waals surface area contributed by atoms with Crippen LogP contribution in [0, 0.1) is 11.8 Å². The van der Waals surface area contributed by atoms with Gasteiger partial charge in [0.15, 0.2) is 0 Å². The molecular weight excluding hydrogens is 217 g/mol. The Hall–Kier alpha value is -0.600. The van der Waals surface area contributed by atoms with Crippen LogP contribution in [-0.2, 0) is 4.79 Å². The first-order valence-corrected chi connectivity index (χ1v) is 7.04. The van der Waals surface area contributed by atoms with Crippen LogP contribution < -0.4 is 0 Å². The fourth-order valence-electron chi connectivity index (χ4n) is 3.31. The molecule has 1 amide bonds. The molecule has 1 aliphatic carbocycles. The highest BCUT2D eigenvalue weighted by Gasteiger charge is 2.26. The first kappa shape index (κ1) is 12.8. The summed E-state index contributed by atoms with van der Waals surface area (Å²) in [5, 5.41) is 0. The lowest BCUT2D eigenvalue weighted by Crippen LogP contribution is -2.37. The number of carbonyl (C=O) groups is 1. The predicted octanol–water partition coefficient (Wildman–Crippen LogP) is 3.16. The van der Waals surface area contributed by atoms with Gasteiger partial charge in [-0.1, -0.05) is 0 Å². The average molecular weight is 241 g/mol. The number of rotatable bonds is 2. The maximum Gasteiger partial charge on any atom is 0.219 e. The summed E-state index contributed by atoms with van der Waals surface area (Å²) in [6.07, 6.45) is 6.73. The molecule has 98 valence electrons. The lowest BCUT2D eigenvalue weighted by Gasteiger charge is -2.34. The van der Waals surface area contributed by atoms with Gasteiger partial charge in [-0.2, -0.15) is 0 Å².